The molecule has 1 aromatic rings. The summed E-state index contributed by atoms with van der Waals surface area (Å²) in [4.78, 5) is 24.8. The number of primary amides is 1. The summed E-state index contributed by atoms with van der Waals surface area (Å²) < 4.78 is 4.66. The van der Waals surface area contributed by atoms with E-state index in [-0.39, 0.29) is 17.9 Å². The normalized spacial score (nSPS) is 18.9. The Kier molecular flexibility index (Phi) is 4.74. The van der Waals surface area contributed by atoms with E-state index in [0.29, 0.717) is 5.56 Å². The summed E-state index contributed by atoms with van der Waals surface area (Å²) in [5.41, 5.74) is 7.07. The quantitative estimate of drug-likeness (QED) is 0.813. The highest BCUT2D eigenvalue weighted by atomic mass is 16.5. The molecule has 0 bridgehead atoms. The van der Waals surface area contributed by atoms with Crippen molar-refractivity contribution >= 4 is 11.9 Å². The Morgan fingerprint density at radius 2 is 2.05 bits per heavy atom. The fourth-order valence-corrected chi connectivity index (χ4v) is 2.61. The minimum Gasteiger partial charge on any atom is -0.465 e. The fourth-order valence-electron chi connectivity index (χ4n) is 2.61. The van der Waals surface area contributed by atoms with Crippen molar-refractivity contribution in [1.29, 1.82) is 0 Å². The third-order valence-electron chi connectivity index (χ3n) is 3.75. The molecular weight excluding hydrogens is 256 g/mol. The maximum Gasteiger partial charge on any atom is 0.337 e. The lowest BCUT2D eigenvalue weighted by atomic mass is 10.1. The van der Waals surface area contributed by atoms with E-state index in [1.165, 1.54) is 7.11 Å². The topological polar surface area (TPSA) is 72.6 Å². The molecule has 1 heterocycles. The number of methoxy groups -OCH3 is 1. The maximum atomic E-state index is 11.3. The van der Waals surface area contributed by atoms with Crippen molar-refractivity contribution in [2.45, 2.75) is 25.3 Å². The Morgan fingerprint density at radius 3 is 2.65 bits per heavy atom. The number of nitrogens with zero attached hydrogens (tertiary/aromatic N) is 1. The van der Waals surface area contributed by atoms with Gasteiger partial charge in [-0.1, -0.05) is 12.1 Å². The summed E-state index contributed by atoms with van der Waals surface area (Å²) in [6.07, 6.45) is 2.72. The van der Waals surface area contributed by atoms with Crippen LogP contribution in [-0.4, -0.2) is 43.0 Å². The van der Waals surface area contributed by atoms with Crippen LogP contribution in [0.5, 0.6) is 0 Å². The number of hydrogen-bond donors (Lipinski definition) is 1. The highest BCUT2D eigenvalue weighted by molar-refractivity contribution is 5.89. The molecule has 5 heteroatoms. The summed E-state index contributed by atoms with van der Waals surface area (Å²) in [6.45, 7) is 1.74. The zero-order valence-corrected chi connectivity index (χ0v) is 11.7. The molecule has 1 aliphatic rings. The van der Waals surface area contributed by atoms with Gasteiger partial charge in [-0.3, -0.25) is 9.69 Å². The number of benzene rings is 1. The molecule has 1 aliphatic heterocycles. The molecule has 20 heavy (non-hydrogen) atoms. The van der Waals surface area contributed by atoms with Gasteiger partial charge in [-0.25, -0.2) is 4.79 Å². The van der Waals surface area contributed by atoms with Gasteiger partial charge in [-0.05, 0) is 43.5 Å². The lowest BCUT2D eigenvalue weighted by Crippen LogP contribution is -2.41. The van der Waals surface area contributed by atoms with Crippen LogP contribution >= 0.6 is 0 Å². The number of esters is 1. The molecule has 1 aromatic carbocycles. The number of amides is 1. The van der Waals surface area contributed by atoms with Gasteiger partial charge >= 0.3 is 5.97 Å². The van der Waals surface area contributed by atoms with Gasteiger partial charge in [-0.15, -0.1) is 0 Å². The Bertz CT molecular complexity index is 484. The van der Waals surface area contributed by atoms with Gasteiger partial charge in [0.1, 0.15) is 0 Å². The molecule has 1 saturated heterocycles. The number of ether oxygens (including phenoxy) is 1. The zero-order chi connectivity index (χ0) is 14.5. The second-order valence-electron chi connectivity index (χ2n) is 5.03. The molecule has 0 radical (unpaired) electrons. The molecule has 1 atom stereocenters. The van der Waals surface area contributed by atoms with Crippen molar-refractivity contribution in [3.05, 3.63) is 35.4 Å². The van der Waals surface area contributed by atoms with Gasteiger partial charge in [-0.2, -0.15) is 0 Å². The van der Waals surface area contributed by atoms with Gasteiger partial charge in [0.05, 0.1) is 18.7 Å². The second-order valence-corrected chi connectivity index (χ2v) is 5.03. The van der Waals surface area contributed by atoms with E-state index in [1.807, 2.05) is 12.1 Å². The molecule has 0 aromatic heterocycles. The molecule has 0 aliphatic carbocycles. The predicted molar refractivity (Wildman–Crippen MR) is 75.3 cm³/mol. The van der Waals surface area contributed by atoms with Crippen LogP contribution in [0.25, 0.3) is 0 Å². The van der Waals surface area contributed by atoms with E-state index in [1.54, 1.807) is 12.1 Å². The van der Waals surface area contributed by atoms with E-state index in [2.05, 4.69) is 9.64 Å². The molecule has 0 spiro atoms. The van der Waals surface area contributed by atoms with Gasteiger partial charge in [0.2, 0.25) is 5.91 Å². The van der Waals surface area contributed by atoms with Crippen molar-refractivity contribution in [2.24, 2.45) is 5.73 Å². The molecule has 5 nitrogen and oxygen atoms in total. The molecule has 2 N–H and O–H groups in total. The van der Waals surface area contributed by atoms with Crippen molar-refractivity contribution in [3.63, 3.8) is 0 Å². The molecule has 1 amide bonds. The highest BCUT2D eigenvalue weighted by Crippen LogP contribution is 2.17. The number of likely N-dealkylation sites (tertiary alicyclic amines) is 1. The first kappa shape index (κ1) is 14.5. The van der Waals surface area contributed by atoms with Crippen LogP contribution in [0.15, 0.2) is 24.3 Å². The second kappa shape index (κ2) is 6.52. The third kappa shape index (κ3) is 3.36. The van der Waals surface area contributed by atoms with Crippen molar-refractivity contribution in [3.8, 4) is 0 Å². The number of carbonyl (C=O) groups excluding carboxylic acids is 2. The number of rotatable bonds is 5. The summed E-state index contributed by atoms with van der Waals surface area (Å²) in [6, 6.07) is 7.24. The average molecular weight is 276 g/mol. The third-order valence-corrected chi connectivity index (χ3v) is 3.75. The first-order chi connectivity index (χ1) is 9.61. The average Bonchev–Trinajstić information content (AvgIpc) is 2.93. The number of hydrogen-bond acceptors (Lipinski definition) is 4. The van der Waals surface area contributed by atoms with Gasteiger partial charge in [0.25, 0.3) is 0 Å². The van der Waals surface area contributed by atoms with Crippen LogP contribution in [0.4, 0.5) is 0 Å². The molecule has 0 saturated carbocycles. The SMILES string of the molecule is COC(=O)c1ccc(CCN2CCC[C@H]2C(N)=O)cc1. The summed E-state index contributed by atoms with van der Waals surface area (Å²) >= 11 is 0. The Morgan fingerprint density at radius 1 is 1.35 bits per heavy atom. The van der Waals surface area contributed by atoms with E-state index in [4.69, 9.17) is 5.73 Å². The monoisotopic (exact) mass is 276 g/mol. The van der Waals surface area contributed by atoms with Crippen molar-refractivity contribution in [1.82, 2.24) is 4.90 Å². The summed E-state index contributed by atoms with van der Waals surface area (Å²) in [7, 11) is 1.37. The smallest absolute Gasteiger partial charge is 0.337 e. The van der Waals surface area contributed by atoms with Crippen molar-refractivity contribution in [2.75, 3.05) is 20.2 Å². The zero-order valence-electron chi connectivity index (χ0n) is 11.7. The lowest BCUT2D eigenvalue weighted by Gasteiger charge is -2.21. The first-order valence-electron chi connectivity index (χ1n) is 6.82. The van der Waals surface area contributed by atoms with Crippen LogP contribution < -0.4 is 5.73 Å². The first-order valence-corrected chi connectivity index (χ1v) is 6.82. The van der Waals surface area contributed by atoms with Crippen LogP contribution in [0.2, 0.25) is 0 Å². The number of nitrogens with two attached hydrogens (primary N) is 1. The minimum absolute atomic E-state index is 0.121. The van der Waals surface area contributed by atoms with Crippen molar-refractivity contribution < 1.29 is 14.3 Å². The number of carbonyl (C=O) groups is 2. The van der Waals surface area contributed by atoms with E-state index < -0.39 is 0 Å². The fraction of sp³-hybridized carbons (Fsp3) is 0.467. The van der Waals surface area contributed by atoms with Gasteiger partial charge < -0.3 is 10.5 Å². The Hall–Kier alpha value is -1.88. The van der Waals surface area contributed by atoms with E-state index in [9.17, 15) is 9.59 Å². The standard InChI is InChI=1S/C15H20N2O3/c1-20-15(19)12-6-4-11(5-7-12)8-10-17-9-2-3-13(17)14(16)18/h4-7,13H,2-3,8-10H2,1H3,(H2,16,18)/t13-/m0/s1. The van der Waals surface area contributed by atoms with Gasteiger partial charge in [0.15, 0.2) is 0 Å². The van der Waals surface area contributed by atoms with Crippen LogP contribution in [0.1, 0.15) is 28.8 Å². The Labute approximate surface area is 118 Å². The van der Waals surface area contributed by atoms with E-state index in [0.717, 1.165) is 37.9 Å². The van der Waals surface area contributed by atoms with Gasteiger partial charge in [0, 0.05) is 6.54 Å². The minimum atomic E-state index is -0.329. The summed E-state index contributed by atoms with van der Waals surface area (Å²) in [5, 5.41) is 0. The van der Waals surface area contributed by atoms with E-state index >= 15 is 0 Å². The lowest BCUT2D eigenvalue weighted by molar-refractivity contribution is -0.122. The molecule has 0 unspecified atom stereocenters. The predicted octanol–water partition coefficient (Wildman–Crippen LogP) is 0.965. The molecule has 108 valence electrons. The maximum absolute atomic E-state index is 11.3. The van der Waals surface area contributed by atoms with Crippen LogP contribution in [-0.2, 0) is 16.0 Å². The summed E-state index contributed by atoms with van der Waals surface area (Å²) in [5.74, 6) is -0.562. The molecular formula is C15H20N2O3. The largest absolute Gasteiger partial charge is 0.465 e. The highest BCUT2D eigenvalue weighted by Gasteiger charge is 2.28. The van der Waals surface area contributed by atoms with Crippen LogP contribution in [0.3, 0.4) is 0 Å². The Balaban J connectivity index is 1.91. The molecule has 2 rings (SSSR count). The van der Waals surface area contributed by atoms with Crippen LogP contribution in [0, 0.1) is 0 Å². The molecule has 1 fully saturated rings.